The Morgan fingerprint density at radius 2 is 1.65 bits per heavy atom. The lowest BCUT2D eigenvalue weighted by Gasteiger charge is -2.37. The molecule has 5 atom stereocenters. The van der Waals surface area contributed by atoms with Crippen LogP contribution in [0.25, 0.3) is 0 Å². The second-order valence-electron chi connectivity index (χ2n) is 16.8. The molecule has 1 saturated heterocycles. The Bertz CT molecular complexity index is 1510. The Morgan fingerprint density at radius 1 is 0.944 bits per heavy atom. The zero-order chi connectivity index (χ0) is 39.4. The minimum Gasteiger partial charge on any atom is -0.346 e. The fraction of sp³-hybridized carbons (Fsp3) is 0.643. The van der Waals surface area contributed by atoms with E-state index in [2.05, 4.69) is 66.6 Å². The number of amides is 5. The van der Waals surface area contributed by atoms with E-state index in [9.17, 15) is 24.0 Å². The number of Topliss-reactive ketones (excluding diaryl/α,β-unsaturated/α-hetero) is 1. The average Bonchev–Trinajstić information content (AvgIpc) is 3.53. The van der Waals surface area contributed by atoms with E-state index < -0.39 is 41.8 Å². The van der Waals surface area contributed by atoms with E-state index >= 15 is 0 Å². The summed E-state index contributed by atoms with van der Waals surface area (Å²) in [5.74, 6) is -2.32. The molecule has 298 valence electrons. The van der Waals surface area contributed by atoms with E-state index in [4.69, 9.17) is 0 Å². The Hall–Kier alpha value is -3.64. The number of hydrogen-bond acceptors (Lipinski definition) is 7. The standard InChI is InChI=1S/C42H64N6O5S/c1-7-21-44-39(51)37(49)32(24-28-14-13-15-28)45-38(50)36-30(23-27(2)3)20-22-48(36)40(52)35(29-16-9-8-10-17-29)47-41(53)46-34(42(4,5)6)26-43-25-31-18-11-12-19-33(31)54/h7,11-12,18-19,23,28-30,32,34-36,43,54H,1,8-10,13-17,20-22,24-26H2,2-6H3,(H,44,51)(H,45,50)(H2,46,47,53)/t30?,32?,34-,35+,36+/m1/s1. The SMILES string of the molecule is C=CCNC(=O)C(=O)C(CC1CCC1)NC(=O)[C@@H]1C(C=C(C)C)CCN1C(=O)[C@@H](NC(=O)N[C@H](CNCc1ccccc1S)C(C)(C)C)C1CCCCC1. The molecule has 3 aliphatic rings. The highest BCUT2D eigenvalue weighted by Crippen LogP contribution is 2.34. The van der Waals surface area contributed by atoms with Crippen LogP contribution in [0.1, 0.15) is 104 Å². The summed E-state index contributed by atoms with van der Waals surface area (Å²) in [7, 11) is 0. The topological polar surface area (TPSA) is 149 Å². The van der Waals surface area contributed by atoms with Gasteiger partial charge in [-0.15, -0.1) is 19.2 Å². The number of thiol groups is 1. The van der Waals surface area contributed by atoms with E-state index in [1.165, 1.54) is 6.08 Å². The third kappa shape index (κ3) is 12.2. The minimum absolute atomic E-state index is 0.0807. The summed E-state index contributed by atoms with van der Waals surface area (Å²) in [6.07, 6.45) is 12.0. The highest BCUT2D eigenvalue weighted by molar-refractivity contribution is 7.80. The molecule has 2 saturated carbocycles. The predicted molar refractivity (Wildman–Crippen MR) is 216 cm³/mol. The van der Waals surface area contributed by atoms with Crippen LogP contribution in [0.5, 0.6) is 0 Å². The van der Waals surface area contributed by atoms with Gasteiger partial charge in [-0.25, -0.2) is 4.79 Å². The number of carbonyl (C=O) groups is 5. The van der Waals surface area contributed by atoms with E-state index in [1.54, 1.807) is 4.90 Å². The van der Waals surface area contributed by atoms with Crippen molar-refractivity contribution < 1.29 is 24.0 Å². The first-order chi connectivity index (χ1) is 25.7. The first-order valence-electron chi connectivity index (χ1n) is 19.9. The number of likely N-dealkylation sites (tertiary alicyclic amines) is 1. The van der Waals surface area contributed by atoms with Crippen molar-refractivity contribution in [1.82, 2.24) is 31.5 Å². The summed E-state index contributed by atoms with van der Waals surface area (Å²) in [6.45, 7) is 15.3. The summed E-state index contributed by atoms with van der Waals surface area (Å²) < 4.78 is 0. The van der Waals surface area contributed by atoms with Crippen molar-refractivity contribution in [2.45, 2.75) is 134 Å². The Morgan fingerprint density at radius 3 is 2.26 bits per heavy atom. The van der Waals surface area contributed by atoms with Gasteiger partial charge in [0.1, 0.15) is 12.1 Å². The molecule has 5 amide bonds. The van der Waals surface area contributed by atoms with E-state index in [1.807, 2.05) is 44.2 Å². The first-order valence-corrected chi connectivity index (χ1v) is 20.4. The molecule has 54 heavy (non-hydrogen) atoms. The van der Waals surface area contributed by atoms with Crippen LogP contribution >= 0.6 is 12.6 Å². The smallest absolute Gasteiger partial charge is 0.315 e. The number of nitrogens with zero attached hydrogens (tertiary/aromatic N) is 1. The monoisotopic (exact) mass is 764 g/mol. The van der Waals surface area contributed by atoms with Gasteiger partial charge in [-0.3, -0.25) is 19.2 Å². The molecule has 1 aromatic rings. The van der Waals surface area contributed by atoms with Crippen molar-refractivity contribution in [1.29, 1.82) is 0 Å². The summed E-state index contributed by atoms with van der Waals surface area (Å²) in [4.78, 5) is 71.7. The number of ketones is 1. The molecule has 1 heterocycles. The average molecular weight is 765 g/mol. The van der Waals surface area contributed by atoms with E-state index in [0.717, 1.165) is 67.4 Å². The molecule has 1 aromatic carbocycles. The maximum absolute atomic E-state index is 14.8. The molecule has 0 radical (unpaired) electrons. The molecule has 2 unspecified atom stereocenters. The van der Waals surface area contributed by atoms with Gasteiger partial charge in [-0.1, -0.05) is 95.2 Å². The number of urea groups is 1. The second-order valence-corrected chi connectivity index (χ2v) is 17.3. The summed E-state index contributed by atoms with van der Waals surface area (Å²) in [6, 6.07) is 4.48. The molecule has 1 aliphatic heterocycles. The van der Waals surface area contributed by atoms with Crippen LogP contribution in [-0.2, 0) is 25.7 Å². The first kappa shape index (κ1) is 43.1. The van der Waals surface area contributed by atoms with Crippen LogP contribution in [-0.4, -0.2) is 78.2 Å². The lowest BCUT2D eigenvalue weighted by atomic mass is 9.80. The quantitative estimate of drug-likeness (QED) is 0.0706. The van der Waals surface area contributed by atoms with E-state index in [-0.39, 0.29) is 41.7 Å². The summed E-state index contributed by atoms with van der Waals surface area (Å²) >= 11 is 4.56. The van der Waals surface area contributed by atoms with Crippen molar-refractivity contribution in [2.75, 3.05) is 19.6 Å². The van der Waals surface area contributed by atoms with Crippen LogP contribution in [0.2, 0.25) is 0 Å². The third-order valence-corrected chi connectivity index (χ3v) is 11.7. The van der Waals surface area contributed by atoms with Crippen LogP contribution in [0.4, 0.5) is 4.79 Å². The van der Waals surface area contributed by atoms with E-state index in [0.29, 0.717) is 32.5 Å². The van der Waals surface area contributed by atoms with Crippen molar-refractivity contribution in [2.24, 2.45) is 23.2 Å². The van der Waals surface area contributed by atoms with Crippen molar-refractivity contribution >= 4 is 42.2 Å². The Balaban J connectivity index is 1.54. The largest absolute Gasteiger partial charge is 0.346 e. The number of rotatable bonds is 17. The number of hydrogen-bond donors (Lipinski definition) is 6. The van der Waals surface area contributed by atoms with Gasteiger partial charge in [0.25, 0.3) is 5.91 Å². The molecular weight excluding hydrogens is 701 g/mol. The maximum atomic E-state index is 14.8. The van der Waals surface area contributed by atoms with Crippen LogP contribution in [0.15, 0.2) is 53.5 Å². The molecule has 3 fully saturated rings. The minimum atomic E-state index is -1.00. The van der Waals surface area contributed by atoms with Crippen molar-refractivity contribution in [3.8, 4) is 0 Å². The maximum Gasteiger partial charge on any atom is 0.315 e. The van der Waals surface area contributed by atoms with Gasteiger partial charge in [0.05, 0.1) is 6.04 Å². The fourth-order valence-electron chi connectivity index (χ4n) is 7.92. The van der Waals surface area contributed by atoms with Crippen LogP contribution in [0.3, 0.4) is 0 Å². The molecule has 12 heteroatoms. The number of nitrogens with one attached hydrogen (secondary N) is 5. The lowest BCUT2D eigenvalue weighted by molar-refractivity contribution is -0.144. The molecule has 0 spiro atoms. The van der Waals surface area contributed by atoms with Gasteiger partial charge in [0.15, 0.2) is 0 Å². The normalized spacial score (nSPS) is 20.8. The zero-order valence-corrected chi connectivity index (χ0v) is 33.9. The number of allylic oxidation sites excluding steroid dienone is 1. The summed E-state index contributed by atoms with van der Waals surface area (Å²) in [5.41, 5.74) is 1.78. The van der Waals surface area contributed by atoms with Crippen molar-refractivity contribution in [3.63, 3.8) is 0 Å². The van der Waals surface area contributed by atoms with Gasteiger partial charge in [-0.05, 0) is 68.4 Å². The highest BCUT2D eigenvalue weighted by atomic mass is 32.1. The number of benzene rings is 1. The van der Waals surface area contributed by atoms with Crippen molar-refractivity contribution in [3.05, 3.63) is 54.1 Å². The summed E-state index contributed by atoms with van der Waals surface area (Å²) in [5, 5.41) is 15.2. The molecule has 0 bridgehead atoms. The Labute approximate surface area is 328 Å². The fourth-order valence-corrected chi connectivity index (χ4v) is 8.16. The van der Waals surface area contributed by atoms with Gasteiger partial charge in [-0.2, -0.15) is 0 Å². The van der Waals surface area contributed by atoms with Crippen LogP contribution in [0, 0.1) is 23.2 Å². The number of carbonyl (C=O) groups excluding carboxylic acids is 5. The van der Waals surface area contributed by atoms with Gasteiger partial charge >= 0.3 is 6.03 Å². The second kappa shape index (κ2) is 20.3. The van der Waals surface area contributed by atoms with Crippen LogP contribution < -0.4 is 26.6 Å². The van der Waals surface area contributed by atoms with Gasteiger partial charge in [0, 0.05) is 43.0 Å². The van der Waals surface area contributed by atoms with Gasteiger partial charge in [0.2, 0.25) is 17.6 Å². The predicted octanol–water partition coefficient (Wildman–Crippen LogP) is 5.46. The third-order valence-electron chi connectivity index (χ3n) is 11.3. The lowest BCUT2D eigenvalue weighted by Crippen LogP contribution is -2.61. The van der Waals surface area contributed by atoms with Gasteiger partial charge < -0.3 is 31.5 Å². The molecule has 0 aromatic heterocycles. The molecule has 5 N–H and O–H groups in total. The Kier molecular flexibility index (Phi) is 16.2. The molecule has 11 nitrogen and oxygen atoms in total. The zero-order valence-electron chi connectivity index (χ0n) is 33.0. The molecular formula is C42H64N6O5S. The highest BCUT2D eigenvalue weighted by Gasteiger charge is 2.46. The molecule has 2 aliphatic carbocycles. The molecule has 4 rings (SSSR count).